The number of hydrogen-bond acceptors (Lipinski definition) is 13. The molecule has 2 heterocycles. The first kappa shape index (κ1) is 50.2. The lowest BCUT2D eigenvalue weighted by Crippen LogP contribution is -2.50. The van der Waals surface area contributed by atoms with Gasteiger partial charge in [-0.25, -0.2) is 9.46 Å². The average Bonchev–Trinajstić information content (AvgIpc) is 3.66. The van der Waals surface area contributed by atoms with Crippen molar-refractivity contribution >= 4 is 20.4 Å². The molecule has 1 amide bonds. The molecule has 5 atom stereocenters. The third kappa shape index (κ3) is 12.6. The number of carbonyl (C=O) groups is 2. The predicted molar refractivity (Wildman–Crippen MR) is 251 cm³/mol. The van der Waals surface area contributed by atoms with Crippen LogP contribution in [-0.4, -0.2) is 83.9 Å². The second-order valence-electron chi connectivity index (χ2n) is 16.3. The van der Waals surface area contributed by atoms with Crippen molar-refractivity contribution in [3.05, 3.63) is 165 Å². The fourth-order valence-corrected chi connectivity index (χ4v) is 9.77. The van der Waals surface area contributed by atoms with E-state index in [1.807, 2.05) is 142 Å². The average molecular weight is 936 g/mol. The van der Waals surface area contributed by atoms with E-state index in [9.17, 15) is 24.4 Å². The predicted octanol–water partition coefficient (Wildman–Crippen LogP) is 7.13. The summed E-state index contributed by atoms with van der Waals surface area (Å²) in [6.45, 7) is 7.87. The first-order valence-corrected chi connectivity index (χ1v) is 23.2. The van der Waals surface area contributed by atoms with Crippen LogP contribution in [0.4, 0.5) is 0 Å². The molecule has 1 aliphatic rings. The number of aromatic amines is 1. The maximum atomic E-state index is 14.1. The van der Waals surface area contributed by atoms with Gasteiger partial charge in [0.2, 0.25) is 5.91 Å². The Morgan fingerprint density at radius 1 is 0.836 bits per heavy atom. The number of aromatic nitrogens is 2. The van der Waals surface area contributed by atoms with E-state index in [4.69, 9.17) is 32.7 Å². The topological polar surface area (TPSA) is 193 Å². The Labute approximate surface area is 391 Å². The molecule has 16 nitrogen and oxygen atoms in total. The van der Waals surface area contributed by atoms with E-state index in [0.29, 0.717) is 11.5 Å². The van der Waals surface area contributed by atoms with Gasteiger partial charge in [-0.1, -0.05) is 84.9 Å². The number of methoxy groups -OCH3 is 2. The fraction of sp³-hybridized carbons (Fsp3) is 0.380. The Bertz CT molecular complexity index is 2460. The largest absolute Gasteiger partial charge is 0.497 e. The minimum atomic E-state index is -1.98. The van der Waals surface area contributed by atoms with E-state index < -0.39 is 61.7 Å². The highest BCUT2D eigenvalue weighted by molar-refractivity contribution is 7.44. The van der Waals surface area contributed by atoms with Crippen molar-refractivity contribution in [3.63, 3.8) is 0 Å². The Hall–Kier alpha value is -6.18. The normalized spacial score (nSPS) is 17.6. The maximum absolute atomic E-state index is 14.1. The van der Waals surface area contributed by atoms with Crippen molar-refractivity contribution in [1.82, 2.24) is 19.5 Å². The van der Waals surface area contributed by atoms with Gasteiger partial charge in [-0.05, 0) is 74.2 Å². The second-order valence-corrected chi connectivity index (χ2v) is 17.7. The highest BCUT2D eigenvalue weighted by Crippen LogP contribution is 2.51. The summed E-state index contributed by atoms with van der Waals surface area (Å²) in [6.07, 6.45) is -2.56. The summed E-state index contributed by atoms with van der Waals surface area (Å²) in [4.78, 5) is 55.3. The number of nitrogens with zero attached hydrogens (tertiary/aromatic N) is 3. The van der Waals surface area contributed by atoms with Crippen molar-refractivity contribution in [2.45, 2.75) is 95.7 Å². The summed E-state index contributed by atoms with van der Waals surface area (Å²) in [5.74, 6) is 0.129. The molecule has 0 saturated carbocycles. The Morgan fingerprint density at radius 2 is 1.42 bits per heavy atom. The maximum Gasteiger partial charge on any atom is 0.330 e. The van der Waals surface area contributed by atoms with Gasteiger partial charge in [0.15, 0.2) is 6.23 Å². The van der Waals surface area contributed by atoms with Gasteiger partial charge in [0.05, 0.1) is 46.3 Å². The Morgan fingerprint density at radius 3 is 1.97 bits per heavy atom. The van der Waals surface area contributed by atoms with Crippen LogP contribution in [-0.2, 0) is 45.1 Å². The number of H-pyrrole nitrogens is 1. The molecule has 1 saturated heterocycles. The van der Waals surface area contributed by atoms with Gasteiger partial charge in [0.25, 0.3) is 14.1 Å². The SMILES string of the molecule is COc1ccc(C(OC[C@H]2O[C@@H](n3ccc(=O)[nH]c3=O)[C@H](NC(=O)CCC(=O)OCc3ccccc3)[C@@H]2OP(OCCC#N)N(C(C)C)C(C)C)(c2ccccc2)c2ccc(OC)cc2)cc1. The molecular formula is C50H58N5O11P. The van der Waals surface area contributed by atoms with Gasteiger partial charge in [-0.2, -0.15) is 5.26 Å². The third-order valence-corrected chi connectivity index (χ3v) is 13.2. The van der Waals surface area contributed by atoms with Crippen molar-refractivity contribution in [2.75, 3.05) is 27.4 Å². The molecule has 5 aromatic rings. The van der Waals surface area contributed by atoms with E-state index in [2.05, 4.69) is 16.4 Å². The molecule has 1 fully saturated rings. The van der Waals surface area contributed by atoms with Crippen molar-refractivity contribution < 1.29 is 42.3 Å². The van der Waals surface area contributed by atoms with E-state index in [1.165, 1.54) is 16.8 Å². The van der Waals surface area contributed by atoms with E-state index in [-0.39, 0.29) is 51.2 Å². The molecule has 67 heavy (non-hydrogen) atoms. The molecule has 1 aromatic heterocycles. The standard InChI is InChI=1S/C50H58N5O11P/c1-34(2)55(35(3)4)67(64-31-13-29-51)66-47-42(33-63-50(37-16-11-8-12-17-37,38-18-22-40(60-5)23-19-38)39-20-24-41(61-6)25-21-39)65-48(54-30-28-44(57)53-49(54)59)46(47)52-43(56)26-27-45(58)62-32-36-14-9-7-10-15-36/h7-12,14-25,28,30,34-35,42,46-48H,13,26-27,31-33H2,1-6H3,(H,52,56)(H,53,57,59)/t42-,46-,47-,48-,67?/m1/s1. The quantitative estimate of drug-likeness (QED) is 0.0291. The number of esters is 1. The smallest absolute Gasteiger partial charge is 0.330 e. The minimum absolute atomic E-state index is 0.0433. The molecular weight excluding hydrogens is 878 g/mol. The molecule has 0 bridgehead atoms. The molecule has 0 aliphatic carbocycles. The fourth-order valence-electron chi connectivity index (χ4n) is 7.99. The highest BCUT2D eigenvalue weighted by Gasteiger charge is 2.51. The van der Waals surface area contributed by atoms with Crippen LogP contribution >= 0.6 is 8.53 Å². The van der Waals surface area contributed by atoms with Gasteiger partial charge >= 0.3 is 11.7 Å². The van der Waals surface area contributed by atoms with Crippen LogP contribution < -0.4 is 26.0 Å². The number of rotatable bonds is 23. The third-order valence-electron chi connectivity index (χ3n) is 11.1. The molecule has 1 aliphatic heterocycles. The summed E-state index contributed by atoms with van der Waals surface area (Å²) < 4.78 is 47.4. The Balaban J connectivity index is 1.45. The summed E-state index contributed by atoms with van der Waals surface area (Å²) in [5.41, 5.74) is 0.311. The van der Waals surface area contributed by atoms with Crippen LogP contribution in [0.5, 0.6) is 11.5 Å². The van der Waals surface area contributed by atoms with Gasteiger partial charge in [0.1, 0.15) is 42.0 Å². The molecule has 354 valence electrons. The first-order valence-electron chi connectivity index (χ1n) is 22.1. The van der Waals surface area contributed by atoms with E-state index in [0.717, 1.165) is 22.3 Å². The summed E-state index contributed by atoms with van der Waals surface area (Å²) in [5, 5.41) is 12.5. The zero-order chi connectivity index (χ0) is 47.9. The molecule has 0 radical (unpaired) electrons. The lowest BCUT2D eigenvalue weighted by Gasteiger charge is -2.39. The molecule has 6 rings (SSSR count). The summed E-state index contributed by atoms with van der Waals surface area (Å²) >= 11 is 0. The van der Waals surface area contributed by atoms with Crippen molar-refractivity contribution in [2.24, 2.45) is 0 Å². The highest BCUT2D eigenvalue weighted by atomic mass is 31.2. The zero-order valence-electron chi connectivity index (χ0n) is 38.5. The van der Waals surface area contributed by atoms with Crippen LogP contribution in [0, 0.1) is 11.3 Å². The number of hydrogen-bond donors (Lipinski definition) is 2. The molecule has 1 unspecified atom stereocenters. The van der Waals surface area contributed by atoms with Gasteiger partial charge in [-0.15, -0.1) is 0 Å². The van der Waals surface area contributed by atoms with Gasteiger partial charge in [0, 0.05) is 30.8 Å². The first-order chi connectivity index (χ1) is 32.4. The van der Waals surface area contributed by atoms with Crippen LogP contribution in [0.15, 0.2) is 131 Å². The van der Waals surface area contributed by atoms with Crippen LogP contribution in [0.3, 0.4) is 0 Å². The summed E-state index contributed by atoms with van der Waals surface area (Å²) in [7, 11) is 1.20. The van der Waals surface area contributed by atoms with E-state index >= 15 is 0 Å². The number of ether oxygens (including phenoxy) is 5. The molecule has 17 heteroatoms. The van der Waals surface area contributed by atoms with Crippen LogP contribution in [0.1, 0.15) is 75.4 Å². The lowest BCUT2D eigenvalue weighted by atomic mass is 9.80. The molecule has 2 N–H and O–H groups in total. The van der Waals surface area contributed by atoms with Gasteiger partial charge < -0.3 is 38.0 Å². The van der Waals surface area contributed by atoms with Crippen molar-refractivity contribution in [3.8, 4) is 17.6 Å². The second kappa shape index (κ2) is 24.0. The Kier molecular flexibility index (Phi) is 18.0. The van der Waals surface area contributed by atoms with Crippen molar-refractivity contribution in [1.29, 1.82) is 5.26 Å². The number of carbonyl (C=O) groups excluding carboxylic acids is 2. The molecule has 4 aromatic carbocycles. The monoisotopic (exact) mass is 935 g/mol. The lowest BCUT2D eigenvalue weighted by molar-refractivity contribution is -0.146. The van der Waals surface area contributed by atoms with Gasteiger partial charge in [-0.3, -0.25) is 23.9 Å². The van der Waals surface area contributed by atoms with E-state index in [1.54, 1.807) is 14.2 Å². The number of amides is 1. The number of nitrogens with one attached hydrogen (secondary N) is 2. The zero-order valence-corrected chi connectivity index (χ0v) is 39.4. The summed E-state index contributed by atoms with van der Waals surface area (Å²) in [6, 6.07) is 35.9. The number of benzene rings is 4. The van der Waals surface area contributed by atoms with Crippen LogP contribution in [0.2, 0.25) is 0 Å². The number of nitriles is 1. The minimum Gasteiger partial charge on any atom is -0.497 e. The van der Waals surface area contributed by atoms with Crippen LogP contribution in [0.25, 0.3) is 0 Å². The molecule has 0 spiro atoms.